The van der Waals surface area contributed by atoms with Crippen molar-refractivity contribution in [3.63, 3.8) is 0 Å². The Labute approximate surface area is 140 Å². The zero-order chi connectivity index (χ0) is 16.8. The Bertz CT molecular complexity index is 573. The van der Waals surface area contributed by atoms with Crippen molar-refractivity contribution < 1.29 is 14.5 Å². The van der Waals surface area contributed by atoms with Crippen LogP contribution in [0.2, 0.25) is 5.02 Å². The molecule has 0 aromatic heterocycles. The van der Waals surface area contributed by atoms with Gasteiger partial charge in [-0.1, -0.05) is 30.9 Å². The summed E-state index contributed by atoms with van der Waals surface area (Å²) < 4.78 is 5.40. The summed E-state index contributed by atoms with van der Waals surface area (Å²) in [5.41, 5.74) is -0.231. The van der Waals surface area contributed by atoms with Gasteiger partial charge in [0.25, 0.3) is 5.91 Å². The monoisotopic (exact) mass is 340 g/mol. The second kappa shape index (κ2) is 8.15. The van der Waals surface area contributed by atoms with Gasteiger partial charge in [-0.3, -0.25) is 14.9 Å². The highest BCUT2D eigenvalue weighted by Crippen LogP contribution is 2.30. The maximum atomic E-state index is 12.4. The summed E-state index contributed by atoms with van der Waals surface area (Å²) >= 11 is 5.76. The maximum absolute atomic E-state index is 12.4. The van der Waals surface area contributed by atoms with E-state index in [1.807, 2.05) is 11.8 Å². The van der Waals surface area contributed by atoms with Crippen molar-refractivity contribution in [2.75, 3.05) is 13.2 Å². The van der Waals surface area contributed by atoms with Gasteiger partial charge in [0.2, 0.25) is 0 Å². The van der Waals surface area contributed by atoms with Crippen molar-refractivity contribution >= 4 is 23.2 Å². The van der Waals surface area contributed by atoms with Crippen molar-refractivity contribution in [3.8, 4) is 5.75 Å². The van der Waals surface area contributed by atoms with E-state index in [4.69, 9.17) is 16.3 Å². The Hall–Kier alpha value is -1.82. The van der Waals surface area contributed by atoms with Gasteiger partial charge in [0.1, 0.15) is 0 Å². The van der Waals surface area contributed by atoms with Crippen LogP contribution in [0.25, 0.3) is 0 Å². The molecule has 0 radical (unpaired) electrons. The number of likely N-dealkylation sites (N-methyl/N-ethyl adjacent to an activating group) is 1. The van der Waals surface area contributed by atoms with Gasteiger partial charge >= 0.3 is 5.69 Å². The Morgan fingerprint density at radius 2 is 2.09 bits per heavy atom. The van der Waals surface area contributed by atoms with Crippen LogP contribution in [0.1, 0.15) is 39.0 Å². The van der Waals surface area contributed by atoms with E-state index in [1.54, 1.807) is 0 Å². The number of hydrogen-bond donors (Lipinski definition) is 0. The molecular formula is C16H21ClN2O4. The standard InChI is InChI=1S/C16H21ClN2O4/c1-2-18(13-6-4-3-5-7-13)16(20)11-23-15-9-8-12(17)10-14(15)19(21)22/h8-10,13H,2-7,11H2,1H3. The number of benzene rings is 1. The summed E-state index contributed by atoms with van der Waals surface area (Å²) in [5.74, 6) is -0.0731. The van der Waals surface area contributed by atoms with Crippen molar-refractivity contribution in [2.45, 2.75) is 45.1 Å². The number of carbonyl (C=O) groups excluding carboxylic acids is 1. The molecule has 1 fully saturated rings. The normalized spacial score (nSPS) is 15.2. The topological polar surface area (TPSA) is 72.7 Å². The lowest BCUT2D eigenvalue weighted by Gasteiger charge is -2.33. The zero-order valence-corrected chi connectivity index (χ0v) is 13.9. The molecule has 2 rings (SSSR count). The van der Waals surface area contributed by atoms with Gasteiger partial charge in [0.05, 0.1) is 4.92 Å². The lowest BCUT2D eigenvalue weighted by Crippen LogP contribution is -2.43. The lowest BCUT2D eigenvalue weighted by atomic mass is 9.94. The third-order valence-electron chi connectivity index (χ3n) is 4.15. The second-order valence-electron chi connectivity index (χ2n) is 5.63. The number of halogens is 1. The first-order chi connectivity index (χ1) is 11.0. The number of hydrogen-bond acceptors (Lipinski definition) is 4. The second-order valence-corrected chi connectivity index (χ2v) is 6.07. The predicted octanol–water partition coefficient (Wildman–Crippen LogP) is 3.81. The lowest BCUT2D eigenvalue weighted by molar-refractivity contribution is -0.385. The average molecular weight is 341 g/mol. The molecule has 126 valence electrons. The van der Waals surface area contributed by atoms with Gasteiger partial charge in [-0.05, 0) is 31.9 Å². The molecule has 0 aliphatic heterocycles. The van der Waals surface area contributed by atoms with E-state index in [-0.39, 0.29) is 35.0 Å². The van der Waals surface area contributed by atoms with E-state index in [0.717, 1.165) is 25.7 Å². The van der Waals surface area contributed by atoms with E-state index in [9.17, 15) is 14.9 Å². The Morgan fingerprint density at radius 3 is 2.70 bits per heavy atom. The Kier molecular flexibility index (Phi) is 6.21. The van der Waals surface area contributed by atoms with Gasteiger partial charge in [0, 0.05) is 23.7 Å². The molecule has 6 nitrogen and oxygen atoms in total. The highest BCUT2D eigenvalue weighted by molar-refractivity contribution is 6.30. The van der Waals surface area contributed by atoms with E-state index in [1.165, 1.54) is 24.6 Å². The highest BCUT2D eigenvalue weighted by Gasteiger charge is 2.25. The molecule has 1 aromatic carbocycles. The summed E-state index contributed by atoms with van der Waals surface area (Å²) in [7, 11) is 0. The van der Waals surface area contributed by atoms with Gasteiger partial charge in [-0.25, -0.2) is 0 Å². The molecule has 0 heterocycles. The summed E-state index contributed by atoms with van der Waals surface area (Å²) in [6.45, 7) is 2.36. The van der Waals surface area contributed by atoms with E-state index in [0.29, 0.717) is 6.54 Å². The third-order valence-corrected chi connectivity index (χ3v) is 4.38. The van der Waals surface area contributed by atoms with Crippen molar-refractivity contribution in [2.24, 2.45) is 0 Å². The average Bonchev–Trinajstić information content (AvgIpc) is 2.55. The molecule has 0 saturated heterocycles. The molecule has 0 atom stereocenters. The van der Waals surface area contributed by atoms with Crippen LogP contribution >= 0.6 is 11.6 Å². The van der Waals surface area contributed by atoms with Crippen LogP contribution in [0, 0.1) is 10.1 Å². The molecule has 0 unspecified atom stereocenters. The molecule has 1 aliphatic carbocycles. The fourth-order valence-corrected chi connectivity index (χ4v) is 3.17. The maximum Gasteiger partial charge on any atom is 0.312 e. The van der Waals surface area contributed by atoms with Crippen molar-refractivity contribution in [1.82, 2.24) is 4.90 Å². The van der Waals surface area contributed by atoms with Crippen LogP contribution in [-0.4, -0.2) is 34.9 Å². The Balaban J connectivity index is 2.01. The number of nitrogens with zero attached hydrogens (tertiary/aromatic N) is 2. The first-order valence-electron chi connectivity index (χ1n) is 7.89. The van der Waals surface area contributed by atoms with Crippen LogP contribution < -0.4 is 4.74 Å². The molecule has 1 aliphatic rings. The molecule has 0 N–H and O–H groups in total. The molecule has 7 heteroatoms. The van der Waals surface area contributed by atoms with Crippen LogP contribution in [0.3, 0.4) is 0 Å². The quantitative estimate of drug-likeness (QED) is 0.583. The van der Waals surface area contributed by atoms with E-state index >= 15 is 0 Å². The van der Waals surface area contributed by atoms with Crippen LogP contribution in [0.15, 0.2) is 18.2 Å². The summed E-state index contributed by atoms with van der Waals surface area (Å²) in [6.07, 6.45) is 5.52. The molecule has 1 aromatic rings. The number of ether oxygens (including phenoxy) is 1. The molecule has 0 bridgehead atoms. The van der Waals surface area contributed by atoms with Crippen molar-refractivity contribution in [1.29, 1.82) is 0 Å². The van der Waals surface area contributed by atoms with Gasteiger partial charge in [0.15, 0.2) is 12.4 Å². The summed E-state index contributed by atoms with van der Waals surface area (Å²) in [5, 5.41) is 11.3. The summed E-state index contributed by atoms with van der Waals surface area (Å²) in [4.78, 5) is 24.7. The van der Waals surface area contributed by atoms with Crippen molar-refractivity contribution in [3.05, 3.63) is 33.3 Å². The van der Waals surface area contributed by atoms with Gasteiger partial charge < -0.3 is 9.64 Å². The highest BCUT2D eigenvalue weighted by atomic mass is 35.5. The number of carbonyl (C=O) groups is 1. The first kappa shape index (κ1) is 17.5. The minimum atomic E-state index is -0.565. The minimum Gasteiger partial charge on any atom is -0.477 e. The van der Waals surface area contributed by atoms with E-state index in [2.05, 4.69) is 0 Å². The van der Waals surface area contributed by atoms with Gasteiger partial charge in [-0.15, -0.1) is 0 Å². The minimum absolute atomic E-state index is 0.0625. The van der Waals surface area contributed by atoms with E-state index < -0.39 is 4.92 Å². The molecule has 1 amide bonds. The smallest absolute Gasteiger partial charge is 0.312 e. The number of nitro benzene ring substituents is 1. The SMILES string of the molecule is CCN(C(=O)COc1ccc(Cl)cc1[N+](=O)[O-])C1CCCCC1. The summed E-state index contributed by atoms with van der Waals surface area (Å²) in [6, 6.07) is 4.41. The largest absolute Gasteiger partial charge is 0.477 e. The molecule has 1 saturated carbocycles. The number of rotatable bonds is 6. The third kappa shape index (κ3) is 4.58. The number of amides is 1. The van der Waals surface area contributed by atoms with Gasteiger partial charge in [-0.2, -0.15) is 0 Å². The fraction of sp³-hybridized carbons (Fsp3) is 0.562. The molecule has 23 heavy (non-hydrogen) atoms. The Morgan fingerprint density at radius 1 is 1.39 bits per heavy atom. The molecule has 0 spiro atoms. The van der Waals surface area contributed by atoms with Crippen LogP contribution in [0.4, 0.5) is 5.69 Å². The van der Waals surface area contributed by atoms with Crippen LogP contribution in [-0.2, 0) is 4.79 Å². The fourth-order valence-electron chi connectivity index (χ4n) is 3.01. The number of nitro groups is 1. The van der Waals surface area contributed by atoms with Crippen LogP contribution in [0.5, 0.6) is 5.75 Å². The first-order valence-corrected chi connectivity index (χ1v) is 8.27. The zero-order valence-electron chi connectivity index (χ0n) is 13.2. The predicted molar refractivity (Wildman–Crippen MR) is 87.9 cm³/mol. The molecular weight excluding hydrogens is 320 g/mol.